The molecule has 3 heterocycles. The van der Waals surface area contributed by atoms with Crippen molar-refractivity contribution >= 4 is 47.5 Å². The van der Waals surface area contributed by atoms with Crippen LogP contribution in [-0.2, 0) is 9.47 Å². The quantitative estimate of drug-likeness (QED) is 0.819. The Labute approximate surface area is 169 Å². The maximum atomic E-state index is 6.08. The van der Waals surface area contributed by atoms with Gasteiger partial charge >= 0.3 is 0 Å². The second-order valence-electron chi connectivity index (χ2n) is 6.09. The Morgan fingerprint density at radius 3 is 1.93 bits per heavy atom. The van der Waals surface area contributed by atoms with E-state index < -0.39 is 0 Å². The van der Waals surface area contributed by atoms with Crippen LogP contribution in [0.1, 0.15) is 0 Å². The fourth-order valence-corrected chi connectivity index (χ4v) is 3.10. The summed E-state index contributed by atoms with van der Waals surface area (Å²) >= 11 is 6.08. The van der Waals surface area contributed by atoms with E-state index in [1.807, 2.05) is 24.3 Å². The van der Waals surface area contributed by atoms with E-state index >= 15 is 0 Å². The molecule has 0 atom stereocenters. The molecule has 4 rings (SSSR count). The molecule has 0 saturated carbocycles. The van der Waals surface area contributed by atoms with Crippen molar-refractivity contribution in [2.45, 2.75) is 0 Å². The zero-order valence-electron chi connectivity index (χ0n) is 14.8. The maximum Gasteiger partial charge on any atom is 0.233 e. The molecule has 2 aliphatic rings. The Balaban J connectivity index is 0.00000210. The number of benzene rings is 1. The summed E-state index contributed by atoms with van der Waals surface area (Å²) in [4.78, 5) is 18.2. The molecule has 0 spiro atoms. The van der Waals surface area contributed by atoms with Crippen LogP contribution in [0, 0.1) is 0 Å². The minimum Gasteiger partial charge on any atom is -0.378 e. The average molecular weight is 413 g/mol. The number of morpholine rings is 2. The number of halogens is 2. The number of nitrogens with zero attached hydrogens (tertiary/aromatic N) is 5. The van der Waals surface area contributed by atoms with Gasteiger partial charge in [0.15, 0.2) is 0 Å². The first-order valence-electron chi connectivity index (χ1n) is 8.72. The second kappa shape index (κ2) is 9.36. The van der Waals surface area contributed by atoms with Crippen LogP contribution in [0.2, 0.25) is 5.02 Å². The van der Waals surface area contributed by atoms with Crippen molar-refractivity contribution in [3.8, 4) is 0 Å². The number of hydrogen-bond acceptors (Lipinski definition) is 8. The molecular weight excluding hydrogens is 391 g/mol. The highest BCUT2D eigenvalue weighted by atomic mass is 35.5. The summed E-state index contributed by atoms with van der Waals surface area (Å²) in [6, 6.07) is 7.49. The fraction of sp³-hybridized carbons (Fsp3) is 0.471. The standard InChI is InChI=1S/C17H21ClN6O2.ClH/c18-13-2-1-3-14(12-13)19-15-20-16(23-4-8-25-9-5-23)22-17(21-15)24-6-10-26-11-7-24;/h1-3,12H,4-11H2,(H,19,20,21,22);1H. The first-order chi connectivity index (χ1) is 12.8. The minimum absolute atomic E-state index is 0. The summed E-state index contributed by atoms with van der Waals surface area (Å²) in [7, 11) is 0. The van der Waals surface area contributed by atoms with Gasteiger partial charge in [0.2, 0.25) is 17.8 Å². The average Bonchev–Trinajstić information content (AvgIpc) is 2.69. The third-order valence-electron chi connectivity index (χ3n) is 4.28. The molecule has 10 heteroatoms. The molecule has 1 N–H and O–H groups in total. The van der Waals surface area contributed by atoms with E-state index in [1.54, 1.807) is 0 Å². The van der Waals surface area contributed by atoms with Gasteiger partial charge in [-0.15, -0.1) is 12.4 Å². The normalized spacial score (nSPS) is 17.4. The van der Waals surface area contributed by atoms with Gasteiger partial charge < -0.3 is 24.6 Å². The summed E-state index contributed by atoms with van der Waals surface area (Å²) in [6.07, 6.45) is 0. The summed E-state index contributed by atoms with van der Waals surface area (Å²) in [5.41, 5.74) is 0.838. The Hall–Kier alpha value is -1.87. The van der Waals surface area contributed by atoms with Gasteiger partial charge in [-0.1, -0.05) is 17.7 Å². The predicted molar refractivity (Wildman–Crippen MR) is 108 cm³/mol. The first kappa shape index (κ1) is 19.9. The molecule has 2 aliphatic heterocycles. The van der Waals surface area contributed by atoms with E-state index in [2.05, 4.69) is 25.1 Å². The van der Waals surface area contributed by atoms with Gasteiger partial charge in [0.05, 0.1) is 26.4 Å². The monoisotopic (exact) mass is 412 g/mol. The second-order valence-corrected chi connectivity index (χ2v) is 6.53. The van der Waals surface area contributed by atoms with E-state index in [-0.39, 0.29) is 12.4 Å². The Morgan fingerprint density at radius 1 is 0.852 bits per heavy atom. The summed E-state index contributed by atoms with van der Waals surface area (Å²) in [6.45, 7) is 5.77. The van der Waals surface area contributed by atoms with E-state index in [1.165, 1.54) is 0 Å². The van der Waals surface area contributed by atoms with Crippen molar-refractivity contribution in [1.82, 2.24) is 15.0 Å². The van der Waals surface area contributed by atoms with Gasteiger partial charge in [0.1, 0.15) is 0 Å². The van der Waals surface area contributed by atoms with Gasteiger partial charge in [-0.05, 0) is 18.2 Å². The lowest BCUT2D eigenvalue weighted by molar-refractivity contribution is 0.121. The van der Waals surface area contributed by atoms with Crippen molar-refractivity contribution < 1.29 is 9.47 Å². The number of nitrogens with one attached hydrogen (secondary N) is 1. The summed E-state index contributed by atoms with van der Waals surface area (Å²) < 4.78 is 10.9. The molecule has 0 bridgehead atoms. The number of aromatic nitrogens is 3. The molecule has 0 aliphatic carbocycles. The third-order valence-corrected chi connectivity index (χ3v) is 4.52. The molecule has 146 valence electrons. The predicted octanol–water partition coefficient (Wildman–Crippen LogP) is 2.36. The van der Waals surface area contributed by atoms with Crippen LogP contribution in [0.3, 0.4) is 0 Å². The zero-order chi connectivity index (χ0) is 17.8. The lowest BCUT2D eigenvalue weighted by Gasteiger charge is -2.30. The molecule has 1 aromatic heterocycles. The van der Waals surface area contributed by atoms with Crippen molar-refractivity contribution in [2.24, 2.45) is 0 Å². The largest absolute Gasteiger partial charge is 0.378 e. The van der Waals surface area contributed by atoms with Gasteiger partial charge in [-0.2, -0.15) is 15.0 Å². The SMILES string of the molecule is Cl.Clc1cccc(Nc2nc(N3CCOCC3)nc(N3CCOCC3)n2)c1. The summed E-state index contributed by atoms with van der Waals surface area (Å²) in [5, 5.41) is 3.90. The molecule has 8 nitrogen and oxygen atoms in total. The molecule has 2 aromatic rings. The van der Waals surface area contributed by atoms with Crippen LogP contribution in [0.15, 0.2) is 24.3 Å². The van der Waals surface area contributed by atoms with Gasteiger partial charge in [-0.3, -0.25) is 0 Å². The Bertz CT molecular complexity index is 718. The van der Waals surface area contributed by atoms with Gasteiger partial charge in [0, 0.05) is 36.9 Å². The topological polar surface area (TPSA) is 75.6 Å². The molecular formula is C17H22Cl2N6O2. The van der Waals surface area contributed by atoms with E-state index in [4.69, 9.17) is 26.1 Å². The molecule has 2 fully saturated rings. The van der Waals surface area contributed by atoms with Crippen molar-refractivity contribution in [2.75, 3.05) is 67.7 Å². The molecule has 0 unspecified atom stereocenters. The van der Waals surface area contributed by atoms with E-state index in [9.17, 15) is 0 Å². The number of rotatable bonds is 4. The first-order valence-corrected chi connectivity index (χ1v) is 9.10. The van der Waals surface area contributed by atoms with Crippen molar-refractivity contribution in [1.29, 1.82) is 0 Å². The van der Waals surface area contributed by atoms with Crippen LogP contribution in [-0.4, -0.2) is 67.6 Å². The lowest BCUT2D eigenvalue weighted by Crippen LogP contribution is -2.40. The van der Waals surface area contributed by atoms with Crippen LogP contribution < -0.4 is 15.1 Å². The number of anilines is 4. The highest BCUT2D eigenvalue weighted by molar-refractivity contribution is 6.30. The maximum absolute atomic E-state index is 6.08. The molecule has 1 aromatic carbocycles. The van der Waals surface area contributed by atoms with E-state index in [0.717, 1.165) is 31.9 Å². The van der Waals surface area contributed by atoms with Gasteiger partial charge in [0.25, 0.3) is 0 Å². The molecule has 27 heavy (non-hydrogen) atoms. The molecule has 2 saturated heterocycles. The Morgan fingerprint density at radius 2 is 1.41 bits per heavy atom. The van der Waals surface area contributed by atoms with Crippen molar-refractivity contribution in [3.05, 3.63) is 29.3 Å². The lowest BCUT2D eigenvalue weighted by atomic mass is 10.3. The molecule has 0 radical (unpaired) electrons. The van der Waals surface area contributed by atoms with Crippen molar-refractivity contribution in [3.63, 3.8) is 0 Å². The van der Waals surface area contributed by atoms with Gasteiger partial charge in [-0.25, -0.2) is 0 Å². The number of hydrogen-bond donors (Lipinski definition) is 1. The highest BCUT2D eigenvalue weighted by Crippen LogP contribution is 2.22. The third kappa shape index (κ3) is 5.10. The zero-order valence-corrected chi connectivity index (χ0v) is 16.4. The van der Waals surface area contributed by atoms with E-state index in [0.29, 0.717) is 49.3 Å². The Kier molecular flexibility index (Phi) is 6.89. The highest BCUT2D eigenvalue weighted by Gasteiger charge is 2.20. The minimum atomic E-state index is 0. The van der Waals surface area contributed by atoms with Crippen LogP contribution in [0.25, 0.3) is 0 Å². The van der Waals surface area contributed by atoms with Crippen LogP contribution >= 0.6 is 24.0 Å². The smallest absolute Gasteiger partial charge is 0.233 e. The molecule has 0 amide bonds. The van der Waals surface area contributed by atoms with Crippen LogP contribution in [0.4, 0.5) is 23.5 Å². The number of ether oxygens (including phenoxy) is 2. The summed E-state index contributed by atoms with van der Waals surface area (Å²) in [5.74, 6) is 1.83. The van der Waals surface area contributed by atoms with Crippen LogP contribution in [0.5, 0.6) is 0 Å². The fourth-order valence-electron chi connectivity index (χ4n) is 2.91.